The van der Waals surface area contributed by atoms with Crippen molar-refractivity contribution in [3.8, 4) is 0 Å². The van der Waals surface area contributed by atoms with E-state index in [0.717, 1.165) is 42.2 Å². The van der Waals surface area contributed by atoms with Crippen molar-refractivity contribution in [1.82, 2.24) is 4.57 Å². The fourth-order valence-corrected chi connectivity index (χ4v) is 4.74. The van der Waals surface area contributed by atoms with Crippen molar-refractivity contribution in [2.24, 2.45) is 7.05 Å². The van der Waals surface area contributed by atoms with Crippen LogP contribution in [0.1, 0.15) is 5.56 Å². The van der Waals surface area contributed by atoms with Gasteiger partial charge in [0, 0.05) is 17.2 Å². The highest BCUT2D eigenvalue weighted by Gasteiger charge is 2.21. The zero-order valence-corrected chi connectivity index (χ0v) is 18.6. The molecule has 0 unspecified atom stereocenters. The predicted octanol–water partition coefficient (Wildman–Crippen LogP) is 3.08. The van der Waals surface area contributed by atoms with Crippen LogP contribution in [0.2, 0.25) is 0 Å². The van der Waals surface area contributed by atoms with Gasteiger partial charge in [-0.15, -0.1) is 0 Å². The largest absolute Gasteiger partial charge is 0.324 e. The highest BCUT2D eigenvalue weighted by Crippen LogP contribution is 2.25. The average molecular weight is 484 g/mol. The van der Waals surface area contributed by atoms with Crippen LogP contribution in [0.5, 0.6) is 0 Å². The molecule has 3 aromatic rings. The molecule has 0 atom stereocenters. The highest BCUT2D eigenvalue weighted by molar-refractivity contribution is 9.10. The molecule has 0 aliphatic carbocycles. The van der Waals surface area contributed by atoms with Gasteiger partial charge in [0.15, 0.2) is 0 Å². The zero-order valence-electron chi connectivity index (χ0n) is 15.4. The third kappa shape index (κ3) is 4.29. The molecule has 28 heavy (non-hydrogen) atoms. The summed E-state index contributed by atoms with van der Waals surface area (Å²) in [5.41, 5.74) is 2.54. The number of halogens is 1. The number of nitrogens with zero attached hydrogens (tertiary/aromatic N) is 2. The van der Waals surface area contributed by atoms with Crippen LogP contribution in [0.15, 0.2) is 45.7 Å². The minimum Gasteiger partial charge on any atom is -0.324 e. The minimum atomic E-state index is -3.66. The molecule has 10 heteroatoms. The third-order valence-corrected chi connectivity index (χ3v) is 7.22. The average Bonchev–Trinajstić information content (AvgIpc) is 2.88. The van der Waals surface area contributed by atoms with Gasteiger partial charge in [-0.3, -0.25) is 13.9 Å². The number of sulfonamides is 1. The SMILES string of the molecule is Cc1cc(N(CC(=O)Nc2ccc3c(c2)sc(=O)n3C)S(C)(=O)=O)ccc1Br. The fraction of sp³-hybridized carbons (Fsp3) is 0.222. The molecule has 0 bridgehead atoms. The number of anilines is 2. The molecule has 0 saturated heterocycles. The molecule has 0 aliphatic heterocycles. The molecule has 0 spiro atoms. The van der Waals surface area contributed by atoms with Crippen LogP contribution in [-0.4, -0.2) is 31.7 Å². The standard InChI is InChI=1S/C18H18BrN3O4S2/c1-11-8-13(5-6-14(11)19)22(28(3,25)26)10-17(23)20-12-4-7-15-16(9-12)27-18(24)21(15)2/h4-9H,10H2,1-3H3,(H,20,23). The van der Waals surface area contributed by atoms with Gasteiger partial charge >= 0.3 is 4.87 Å². The third-order valence-electron chi connectivity index (χ3n) is 4.19. The number of carbonyl (C=O) groups excluding carboxylic acids is 1. The number of hydrogen-bond acceptors (Lipinski definition) is 5. The summed E-state index contributed by atoms with van der Waals surface area (Å²) in [6.07, 6.45) is 1.06. The topological polar surface area (TPSA) is 88.5 Å². The molecule has 1 heterocycles. The Hall–Kier alpha value is -2.17. The second kappa shape index (κ2) is 7.69. The molecule has 2 aromatic carbocycles. The monoisotopic (exact) mass is 483 g/mol. The smallest absolute Gasteiger partial charge is 0.307 e. The first-order valence-corrected chi connectivity index (χ1v) is 11.7. The molecule has 7 nitrogen and oxygen atoms in total. The van der Waals surface area contributed by atoms with Crippen LogP contribution in [0.3, 0.4) is 0 Å². The van der Waals surface area contributed by atoms with E-state index in [2.05, 4.69) is 21.2 Å². The molecule has 1 aromatic heterocycles. The first-order chi connectivity index (χ1) is 13.1. The van der Waals surface area contributed by atoms with Gasteiger partial charge in [-0.2, -0.15) is 0 Å². The quantitative estimate of drug-likeness (QED) is 0.603. The highest BCUT2D eigenvalue weighted by atomic mass is 79.9. The predicted molar refractivity (Wildman–Crippen MR) is 117 cm³/mol. The molecular formula is C18H18BrN3O4S2. The number of aryl methyl sites for hydroxylation is 2. The Bertz CT molecular complexity index is 1230. The molecule has 1 N–H and O–H groups in total. The Labute approximate surface area is 174 Å². The lowest BCUT2D eigenvalue weighted by atomic mass is 10.2. The van der Waals surface area contributed by atoms with Gasteiger partial charge in [-0.1, -0.05) is 27.3 Å². The van der Waals surface area contributed by atoms with Crippen molar-refractivity contribution in [1.29, 1.82) is 0 Å². The van der Waals surface area contributed by atoms with Crippen LogP contribution in [0.4, 0.5) is 11.4 Å². The van der Waals surface area contributed by atoms with Crippen molar-refractivity contribution in [3.05, 3.63) is 56.1 Å². The maximum Gasteiger partial charge on any atom is 0.307 e. The van der Waals surface area contributed by atoms with E-state index in [4.69, 9.17) is 0 Å². The summed E-state index contributed by atoms with van der Waals surface area (Å²) in [6.45, 7) is 1.48. The van der Waals surface area contributed by atoms with Crippen LogP contribution in [0, 0.1) is 6.92 Å². The molecule has 0 saturated carbocycles. The van der Waals surface area contributed by atoms with Crippen LogP contribution in [-0.2, 0) is 21.9 Å². The fourth-order valence-electron chi connectivity index (χ4n) is 2.73. The zero-order chi connectivity index (χ0) is 20.6. The van der Waals surface area contributed by atoms with Crippen LogP contribution in [0.25, 0.3) is 10.2 Å². The molecule has 148 valence electrons. The number of amides is 1. The van der Waals surface area contributed by atoms with E-state index >= 15 is 0 Å². The summed E-state index contributed by atoms with van der Waals surface area (Å²) in [5.74, 6) is -0.478. The summed E-state index contributed by atoms with van der Waals surface area (Å²) < 4.78 is 28.6. The number of benzene rings is 2. The van der Waals surface area contributed by atoms with Gasteiger partial charge < -0.3 is 9.88 Å². The lowest BCUT2D eigenvalue weighted by Crippen LogP contribution is -2.37. The van der Waals surface area contributed by atoms with Crippen molar-refractivity contribution < 1.29 is 13.2 Å². The number of rotatable bonds is 5. The molecule has 1 amide bonds. The van der Waals surface area contributed by atoms with E-state index in [-0.39, 0.29) is 11.4 Å². The Morgan fingerprint density at radius 1 is 1.25 bits per heavy atom. The summed E-state index contributed by atoms with van der Waals surface area (Å²) in [7, 11) is -1.97. The van der Waals surface area contributed by atoms with Gasteiger partial charge in [-0.05, 0) is 48.9 Å². The minimum absolute atomic E-state index is 0.0904. The summed E-state index contributed by atoms with van der Waals surface area (Å²) in [6, 6.07) is 10.2. The van der Waals surface area contributed by atoms with E-state index in [1.807, 2.05) is 6.92 Å². The van der Waals surface area contributed by atoms with Crippen molar-refractivity contribution in [3.63, 3.8) is 0 Å². The van der Waals surface area contributed by atoms with Gasteiger partial charge in [0.25, 0.3) is 0 Å². The number of aromatic nitrogens is 1. The maximum atomic E-state index is 12.5. The molecule has 0 fully saturated rings. The van der Waals surface area contributed by atoms with Crippen LogP contribution >= 0.6 is 27.3 Å². The maximum absolute atomic E-state index is 12.5. The second-order valence-corrected chi connectivity index (χ2v) is 10.1. The molecule has 3 rings (SSSR count). The molecule has 0 aliphatic rings. The van der Waals surface area contributed by atoms with E-state index in [1.165, 1.54) is 4.57 Å². The Kier molecular flexibility index (Phi) is 5.64. The van der Waals surface area contributed by atoms with Crippen molar-refractivity contribution >= 4 is 64.8 Å². The summed E-state index contributed by atoms with van der Waals surface area (Å²) in [4.78, 5) is 24.2. The lowest BCUT2D eigenvalue weighted by molar-refractivity contribution is -0.114. The van der Waals surface area contributed by atoms with Gasteiger partial charge in [0.1, 0.15) is 6.54 Å². The lowest BCUT2D eigenvalue weighted by Gasteiger charge is -2.22. The van der Waals surface area contributed by atoms with E-state index in [9.17, 15) is 18.0 Å². The normalized spacial score (nSPS) is 11.6. The number of carbonyl (C=O) groups is 1. The molecular weight excluding hydrogens is 466 g/mol. The number of thiazole rings is 1. The van der Waals surface area contributed by atoms with E-state index in [1.54, 1.807) is 43.4 Å². The van der Waals surface area contributed by atoms with Gasteiger partial charge in [0.2, 0.25) is 15.9 Å². The Balaban J connectivity index is 1.84. The first kappa shape index (κ1) is 20.6. The Morgan fingerprint density at radius 3 is 2.61 bits per heavy atom. The van der Waals surface area contributed by atoms with Crippen molar-refractivity contribution in [2.45, 2.75) is 6.92 Å². The van der Waals surface area contributed by atoms with Crippen molar-refractivity contribution in [2.75, 3.05) is 22.4 Å². The second-order valence-electron chi connectivity index (χ2n) is 6.36. The van der Waals surface area contributed by atoms with E-state index in [0.29, 0.717) is 11.4 Å². The number of hydrogen-bond donors (Lipinski definition) is 1. The summed E-state index contributed by atoms with van der Waals surface area (Å²) in [5, 5.41) is 2.70. The van der Waals surface area contributed by atoms with Gasteiger partial charge in [-0.25, -0.2) is 8.42 Å². The van der Waals surface area contributed by atoms with E-state index < -0.39 is 15.9 Å². The number of fused-ring (bicyclic) bond motifs is 1. The van der Waals surface area contributed by atoms with Gasteiger partial charge in [0.05, 0.1) is 22.2 Å². The Morgan fingerprint density at radius 2 is 1.96 bits per heavy atom. The van der Waals surface area contributed by atoms with Crippen LogP contribution < -0.4 is 14.5 Å². The summed E-state index contributed by atoms with van der Waals surface area (Å²) >= 11 is 4.46. The first-order valence-electron chi connectivity index (χ1n) is 8.19. The molecule has 0 radical (unpaired) electrons. The number of nitrogens with one attached hydrogen (secondary N) is 1.